The van der Waals surface area contributed by atoms with Crippen molar-refractivity contribution < 1.29 is 4.39 Å². The Labute approximate surface area is 112 Å². The smallest absolute Gasteiger partial charge is 0.155 e. The maximum atomic E-state index is 14.7. The highest BCUT2D eigenvalue weighted by atomic mass is 19.1. The molecular weight excluding hydrogens is 241 g/mol. The first-order valence-electron chi connectivity index (χ1n) is 6.81. The number of para-hydroxylation sites is 1. The van der Waals surface area contributed by atoms with Crippen molar-refractivity contribution in [2.24, 2.45) is 0 Å². The standard InChI is InChI=1S/C15H18FN3/c1-2-8-19-10-12(9-18-19)14(16)13-5-3-4-11-6-7-17-15(11)13/h3-5,9-10,14,17H,2,6-8H2,1H3. The van der Waals surface area contributed by atoms with Crippen molar-refractivity contribution >= 4 is 5.69 Å². The molecule has 0 bridgehead atoms. The molecule has 1 aliphatic heterocycles. The number of benzene rings is 1. The van der Waals surface area contributed by atoms with E-state index in [-0.39, 0.29) is 0 Å². The number of nitrogens with zero attached hydrogens (tertiary/aromatic N) is 2. The Bertz CT molecular complexity index is 577. The second-order valence-corrected chi connectivity index (χ2v) is 4.96. The third-order valence-electron chi connectivity index (χ3n) is 3.55. The van der Waals surface area contributed by atoms with Crippen LogP contribution in [0.5, 0.6) is 0 Å². The second-order valence-electron chi connectivity index (χ2n) is 4.96. The van der Waals surface area contributed by atoms with Crippen LogP contribution in [0.4, 0.5) is 10.1 Å². The van der Waals surface area contributed by atoms with E-state index in [1.165, 1.54) is 5.56 Å². The molecule has 4 heteroatoms. The number of halogens is 1. The molecule has 0 spiro atoms. The van der Waals surface area contributed by atoms with Gasteiger partial charge in [-0.1, -0.05) is 25.1 Å². The molecule has 2 heterocycles. The SMILES string of the molecule is CCCn1cc(C(F)c2cccc3c2NCC3)cn1. The molecule has 1 atom stereocenters. The van der Waals surface area contributed by atoms with Gasteiger partial charge in [0.2, 0.25) is 0 Å². The van der Waals surface area contributed by atoms with Crippen molar-refractivity contribution in [2.45, 2.75) is 32.5 Å². The summed E-state index contributed by atoms with van der Waals surface area (Å²) in [5.74, 6) is 0. The fourth-order valence-electron chi connectivity index (χ4n) is 2.62. The van der Waals surface area contributed by atoms with E-state index in [1.54, 1.807) is 10.9 Å². The first-order chi connectivity index (χ1) is 9.29. The average Bonchev–Trinajstić information content (AvgIpc) is 3.06. The highest BCUT2D eigenvalue weighted by Gasteiger charge is 2.22. The summed E-state index contributed by atoms with van der Waals surface area (Å²) in [6.45, 7) is 3.81. The van der Waals surface area contributed by atoms with Crippen LogP contribution in [0.2, 0.25) is 0 Å². The summed E-state index contributed by atoms with van der Waals surface area (Å²) < 4.78 is 16.5. The predicted molar refractivity (Wildman–Crippen MR) is 74.1 cm³/mol. The van der Waals surface area contributed by atoms with Crippen LogP contribution in [-0.4, -0.2) is 16.3 Å². The first-order valence-corrected chi connectivity index (χ1v) is 6.81. The van der Waals surface area contributed by atoms with Crippen LogP contribution in [0.25, 0.3) is 0 Å². The molecule has 1 aromatic carbocycles. The Kier molecular flexibility index (Phi) is 3.23. The van der Waals surface area contributed by atoms with Gasteiger partial charge in [0.05, 0.1) is 6.20 Å². The fraction of sp³-hybridized carbons (Fsp3) is 0.400. The normalized spacial score (nSPS) is 15.1. The molecule has 1 unspecified atom stereocenters. The fourth-order valence-corrected chi connectivity index (χ4v) is 2.62. The van der Waals surface area contributed by atoms with Gasteiger partial charge in [-0.25, -0.2) is 4.39 Å². The van der Waals surface area contributed by atoms with E-state index in [4.69, 9.17) is 0 Å². The van der Waals surface area contributed by atoms with Gasteiger partial charge in [0.15, 0.2) is 6.17 Å². The summed E-state index contributed by atoms with van der Waals surface area (Å²) in [7, 11) is 0. The molecule has 1 aliphatic rings. The number of alkyl halides is 1. The largest absolute Gasteiger partial charge is 0.384 e. The van der Waals surface area contributed by atoms with Gasteiger partial charge in [-0.05, 0) is 18.4 Å². The van der Waals surface area contributed by atoms with Gasteiger partial charge in [0.1, 0.15) is 0 Å². The number of fused-ring (bicyclic) bond motifs is 1. The van der Waals surface area contributed by atoms with Crippen LogP contribution in [0, 0.1) is 0 Å². The van der Waals surface area contributed by atoms with Crippen LogP contribution >= 0.6 is 0 Å². The number of anilines is 1. The van der Waals surface area contributed by atoms with E-state index in [1.807, 2.05) is 18.3 Å². The molecule has 1 N–H and O–H groups in total. The van der Waals surface area contributed by atoms with E-state index in [0.717, 1.165) is 37.2 Å². The van der Waals surface area contributed by atoms with Crippen LogP contribution in [0.15, 0.2) is 30.6 Å². The monoisotopic (exact) mass is 259 g/mol. The van der Waals surface area contributed by atoms with Crippen LogP contribution < -0.4 is 5.32 Å². The quantitative estimate of drug-likeness (QED) is 0.912. The molecule has 0 radical (unpaired) electrons. The molecule has 3 nitrogen and oxygen atoms in total. The second kappa shape index (κ2) is 5.03. The zero-order valence-electron chi connectivity index (χ0n) is 11.1. The molecule has 2 aromatic rings. The van der Waals surface area contributed by atoms with Gasteiger partial charge in [0.25, 0.3) is 0 Å². The van der Waals surface area contributed by atoms with Crippen molar-refractivity contribution in [2.75, 3.05) is 11.9 Å². The molecule has 19 heavy (non-hydrogen) atoms. The topological polar surface area (TPSA) is 29.9 Å². The van der Waals surface area contributed by atoms with Gasteiger partial charge < -0.3 is 5.32 Å². The van der Waals surface area contributed by atoms with Gasteiger partial charge in [-0.2, -0.15) is 5.10 Å². The lowest BCUT2D eigenvalue weighted by Crippen LogP contribution is -2.00. The van der Waals surface area contributed by atoms with Crippen molar-refractivity contribution in [1.29, 1.82) is 0 Å². The van der Waals surface area contributed by atoms with Gasteiger partial charge >= 0.3 is 0 Å². The van der Waals surface area contributed by atoms with Crippen molar-refractivity contribution in [3.8, 4) is 0 Å². The summed E-state index contributed by atoms with van der Waals surface area (Å²) >= 11 is 0. The molecule has 3 rings (SSSR count). The third-order valence-corrected chi connectivity index (χ3v) is 3.55. The highest BCUT2D eigenvalue weighted by Crippen LogP contribution is 2.35. The molecule has 1 aromatic heterocycles. The van der Waals surface area contributed by atoms with Gasteiger partial charge in [0, 0.05) is 36.1 Å². The molecule has 100 valence electrons. The maximum absolute atomic E-state index is 14.7. The van der Waals surface area contributed by atoms with E-state index >= 15 is 0 Å². The number of aromatic nitrogens is 2. The molecule has 0 saturated carbocycles. The van der Waals surface area contributed by atoms with Gasteiger partial charge in [-0.15, -0.1) is 0 Å². The Balaban J connectivity index is 1.91. The van der Waals surface area contributed by atoms with Crippen LogP contribution in [0.1, 0.15) is 36.2 Å². The minimum absolute atomic E-state index is 0.635. The highest BCUT2D eigenvalue weighted by molar-refractivity contribution is 5.63. The molecule has 0 amide bonds. The summed E-state index contributed by atoms with van der Waals surface area (Å²) in [6, 6.07) is 5.86. The van der Waals surface area contributed by atoms with Crippen molar-refractivity contribution in [3.05, 3.63) is 47.3 Å². The molecule has 0 saturated heterocycles. The average molecular weight is 259 g/mol. The summed E-state index contributed by atoms with van der Waals surface area (Å²) in [5.41, 5.74) is 3.54. The van der Waals surface area contributed by atoms with Crippen molar-refractivity contribution in [1.82, 2.24) is 9.78 Å². The predicted octanol–water partition coefficient (Wildman–Crippen LogP) is 3.32. The molecular formula is C15H18FN3. The summed E-state index contributed by atoms with van der Waals surface area (Å²) in [4.78, 5) is 0. The molecule has 0 aliphatic carbocycles. The zero-order valence-corrected chi connectivity index (χ0v) is 11.1. The maximum Gasteiger partial charge on any atom is 0.155 e. The Morgan fingerprint density at radius 3 is 3.21 bits per heavy atom. The first kappa shape index (κ1) is 12.2. The van der Waals surface area contributed by atoms with E-state index < -0.39 is 6.17 Å². The van der Waals surface area contributed by atoms with Crippen LogP contribution in [0.3, 0.4) is 0 Å². The summed E-state index contributed by atoms with van der Waals surface area (Å²) in [5, 5.41) is 7.49. The number of aryl methyl sites for hydroxylation is 1. The number of nitrogens with one attached hydrogen (secondary N) is 1. The number of hydrogen-bond acceptors (Lipinski definition) is 2. The zero-order chi connectivity index (χ0) is 13.2. The lowest BCUT2D eigenvalue weighted by Gasteiger charge is -2.12. The van der Waals surface area contributed by atoms with Gasteiger partial charge in [-0.3, -0.25) is 4.68 Å². The number of hydrogen-bond donors (Lipinski definition) is 1. The van der Waals surface area contributed by atoms with E-state index in [2.05, 4.69) is 23.4 Å². The van der Waals surface area contributed by atoms with E-state index in [9.17, 15) is 4.39 Å². The summed E-state index contributed by atoms with van der Waals surface area (Å²) in [6.07, 6.45) is 4.31. The minimum Gasteiger partial charge on any atom is -0.384 e. The van der Waals surface area contributed by atoms with Crippen molar-refractivity contribution in [3.63, 3.8) is 0 Å². The Morgan fingerprint density at radius 1 is 1.47 bits per heavy atom. The van der Waals surface area contributed by atoms with Crippen LogP contribution in [-0.2, 0) is 13.0 Å². The lowest BCUT2D eigenvalue weighted by molar-refractivity contribution is 0.402. The lowest BCUT2D eigenvalue weighted by atomic mass is 10.0. The Morgan fingerprint density at radius 2 is 2.37 bits per heavy atom. The Hall–Kier alpha value is -1.84. The minimum atomic E-state index is -1.11. The van der Waals surface area contributed by atoms with E-state index in [0.29, 0.717) is 5.56 Å². The molecule has 0 fully saturated rings. The number of rotatable bonds is 4. The third kappa shape index (κ3) is 2.23.